The van der Waals surface area contributed by atoms with Gasteiger partial charge in [-0.05, 0) is 30.7 Å². The molecule has 0 spiro atoms. The Morgan fingerprint density at radius 3 is 3.10 bits per heavy atom. The van der Waals surface area contributed by atoms with Crippen LogP contribution in [0, 0.1) is 0 Å². The van der Waals surface area contributed by atoms with E-state index in [-0.39, 0.29) is 5.91 Å². The Hall–Kier alpha value is -2.56. The van der Waals surface area contributed by atoms with Crippen LogP contribution >= 0.6 is 0 Å². The van der Waals surface area contributed by atoms with Gasteiger partial charge in [-0.1, -0.05) is 13.0 Å². The predicted molar refractivity (Wildman–Crippen MR) is 76.0 cm³/mol. The second-order valence-electron chi connectivity index (χ2n) is 4.13. The fourth-order valence-corrected chi connectivity index (χ4v) is 1.53. The molecule has 0 saturated heterocycles. The number of rotatable bonds is 6. The van der Waals surface area contributed by atoms with Crippen molar-refractivity contribution in [3.8, 4) is 5.75 Å². The van der Waals surface area contributed by atoms with E-state index in [1.54, 1.807) is 24.3 Å². The molecular weight excluding hydrogens is 256 g/mol. The highest BCUT2D eigenvalue weighted by Gasteiger charge is 2.05. The van der Waals surface area contributed by atoms with E-state index in [4.69, 9.17) is 9.15 Å². The van der Waals surface area contributed by atoms with Crippen LogP contribution in [0.3, 0.4) is 0 Å². The Bertz CT molecular complexity index is 577. The van der Waals surface area contributed by atoms with Crippen molar-refractivity contribution in [2.45, 2.75) is 13.3 Å². The molecule has 0 unspecified atom stereocenters. The first-order valence-electron chi connectivity index (χ1n) is 6.38. The van der Waals surface area contributed by atoms with E-state index >= 15 is 0 Å². The number of nitrogens with one attached hydrogen (secondary N) is 1. The maximum absolute atomic E-state index is 11.9. The van der Waals surface area contributed by atoms with Crippen molar-refractivity contribution in [2.75, 3.05) is 6.61 Å². The summed E-state index contributed by atoms with van der Waals surface area (Å²) in [5.74, 6) is 0.394. The number of carbonyl (C=O) groups excluding carboxylic acids is 1. The minimum absolute atomic E-state index is 0.285. The van der Waals surface area contributed by atoms with Crippen LogP contribution in [-0.2, 0) is 0 Å². The van der Waals surface area contributed by atoms with Crippen molar-refractivity contribution in [3.05, 3.63) is 54.0 Å². The highest BCUT2D eigenvalue weighted by molar-refractivity contribution is 5.95. The summed E-state index contributed by atoms with van der Waals surface area (Å²) in [5, 5.41) is 3.86. The maximum Gasteiger partial charge on any atom is 0.271 e. The third-order valence-corrected chi connectivity index (χ3v) is 2.49. The molecule has 1 aromatic carbocycles. The molecule has 0 saturated carbocycles. The van der Waals surface area contributed by atoms with E-state index < -0.39 is 0 Å². The third-order valence-electron chi connectivity index (χ3n) is 2.49. The average Bonchev–Trinajstić information content (AvgIpc) is 2.98. The fraction of sp³-hybridized carbons (Fsp3) is 0.200. The van der Waals surface area contributed by atoms with Crippen LogP contribution in [0.25, 0.3) is 0 Å². The standard InChI is InChI=1S/C15H16N2O3/c1-2-7-20-14-5-3-4-13(9-14)15(18)17-16-10-12-6-8-19-11-12/h3-6,8-11H,2,7H2,1H3,(H,17,18)/b16-10-. The number of ether oxygens (including phenoxy) is 1. The molecule has 0 aliphatic carbocycles. The smallest absolute Gasteiger partial charge is 0.271 e. The molecule has 1 aromatic heterocycles. The molecular formula is C15H16N2O3. The number of hydrogen-bond acceptors (Lipinski definition) is 4. The van der Waals surface area contributed by atoms with Crippen LogP contribution in [0.2, 0.25) is 0 Å². The van der Waals surface area contributed by atoms with Gasteiger partial charge in [-0.2, -0.15) is 5.10 Å². The number of nitrogens with zero attached hydrogens (tertiary/aromatic N) is 1. The number of benzene rings is 1. The van der Waals surface area contributed by atoms with Gasteiger partial charge in [0, 0.05) is 11.1 Å². The second kappa shape index (κ2) is 7.13. The molecule has 2 aromatic rings. The predicted octanol–water partition coefficient (Wildman–Crippen LogP) is 2.83. The first-order chi connectivity index (χ1) is 9.79. The molecule has 0 radical (unpaired) electrons. The van der Waals surface area contributed by atoms with Crippen LogP contribution in [0.15, 0.2) is 52.4 Å². The Kier molecular flexibility index (Phi) is 4.94. The zero-order valence-electron chi connectivity index (χ0n) is 11.2. The maximum atomic E-state index is 11.9. The number of carbonyl (C=O) groups is 1. The van der Waals surface area contributed by atoms with Gasteiger partial charge < -0.3 is 9.15 Å². The summed E-state index contributed by atoms with van der Waals surface area (Å²) >= 11 is 0. The minimum atomic E-state index is -0.285. The summed E-state index contributed by atoms with van der Waals surface area (Å²) in [6.45, 7) is 2.66. The van der Waals surface area contributed by atoms with E-state index in [1.807, 2.05) is 13.0 Å². The Morgan fingerprint density at radius 1 is 1.45 bits per heavy atom. The van der Waals surface area contributed by atoms with E-state index in [0.29, 0.717) is 17.9 Å². The molecule has 2 rings (SSSR count). The van der Waals surface area contributed by atoms with Gasteiger partial charge >= 0.3 is 0 Å². The normalized spacial score (nSPS) is 10.7. The molecule has 0 atom stereocenters. The minimum Gasteiger partial charge on any atom is -0.494 e. The van der Waals surface area contributed by atoms with E-state index in [1.165, 1.54) is 18.7 Å². The topological polar surface area (TPSA) is 63.8 Å². The first-order valence-corrected chi connectivity index (χ1v) is 6.38. The summed E-state index contributed by atoms with van der Waals surface area (Å²) in [7, 11) is 0. The molecule has 1 N–H and O–H groups in total. The van der Waals surface area contributed by atoms with Gasteiger partial charge in [-0.3, -0.25) is 4.79 Å². The van der Waals surface area contributed by atoms with Crippen LogP contribution in [0.5, 0.6) is 5.75 Å². The Morgan fingerprint density at radius 2 is 2.35 bits per heavy atom. The van der Waals surface area contributed by atoms with E-state index in [0.717, 1.165) is 12.0 Å². The van der Waals surface area contributed by atoms with Gasteiger partial charge in [0.25, 0.3) is 5.91 Å². The molecule has 1 amide bonds. The van der Waals surface area contributed by atoms with Crippen molar-refractivity contribution in [1.82, 2.24) is 5.43 Å². The van der Waals surface area contributed by atoms with E-state index in [2.05, 4.69) is 10.5 Å². The monoisotopic (exact) mass is 272 g/mol. The largest absolute Gasteiger partial charge is 0.494 e. The Balaban J connectivity index is 1.94. The lowest BCUT2D eigenvalue weighted by Crippen LogP contribution is -2.17. The molecule has 1 heterocycles. The molecule has 104 valence electrons. The van der Waals surface area contributed by atoms with Crippen molar-refractivity contribution < 1.29 is 13.9 Å². The summed E-state index contributed by atoms with van der Waals surface area (Å²) < 4.78 is 10.4. The van der Waals surface area contributed by atoms with Crippen LogP contribution in [0.1, 0.15) is 29.3 Å². The van der Waals surface area contributed by atoms with Crippen LogP contribution in [-0.4, -0.2) is 18.7 Å². The van der Waals surface area contributed by atoms with Gasteiger partial charge in [-0.15, -0.1) is 0 Å². The summed E-state index contributed by atoms with van der Waals surface area (Å²) in [6.07, 6.45) is 5.51. The summed E-state index contributed by atoms with van der Waals surface area (Å²) in [5.41, 5.74) is 3.74. The van der Waals surface area contributed by atoms with Gasteiger partial charge in [0.2, 0.25) is 0 Å². The summed E-state index contributed by atoms with van der Waals surface area (Å²) in [4.78, 5) is 11.9. The lowest BCUT2D eigenvalue weighted by Gasteiger charge is -2.05. The van der Waals surface area contributed by atoms with E-state index in [9.17, 15) is 4.79 Å². The van der Waals surface area contributed by atoms with Crippen LogP contribution in [0.4, 0.5) is 0 Å². The molecule has 5 nitrogen and oxygen atoms in total. The number of hydrogen-bond donors (Lipinski definition) is 1. The highest BCUT2D eigenvalue weighted by Crippen LogP contribution is 2.13. The highest BCUT2D eigenvalue weighted by atomic mass is 16.5. The molecule has 0 fully saturated rings. The van der Waals surface area contributed by atoms with Gasteiger partial charge in [-0.25, -0.2) is 5.43 Å². The fourth-order valence-electron chi connectivity index (χ4n) is 1.53. The van der Waals surface area contributed by atoms with Gasteiger partial charge in [0.15, 0.2) is 0 Å². The van der Waals surface area contributed by atoms with Crippen molar-refractivity contribution in [3.63, 3.8) is 0 Å². The number of amides is 1. The van der Waals surface area contributed by atoms with Gasteiger partial charge in [0.1, 0.15) is 5.75 Å². The van der Waals surface area contributed by atoms with Crippen LogP contribution < -0.4 is 10.2 Å². The molecule has 0 aliphatic rings. The van der Waals surface area contributed by atoms with Crippen molar-refractivity contribution in [2.24, 2.45) is 5.10 Å². The quantitative estimate of drug-likeness (QED) is 0.649. The molecule has 0 aliphatic heterocycles. The van der Waals surface area contributed by atoms with Gasteiger partial charge in [0.05, 0.1) is 25.3 Å². The SMILES string of the molecule is CCCOc1cccc(C(=O)N/N=C\c2ccoc2)c1. The second-order valence-corrected chi connectivity index (χ2v) is 4.13. The lowest BCUT2D eigenvalue weighted by molar-refractivity contribution is 0.0954. The molecule has 20 heavy (non-hydrogen) atoms. The van der Waals surface area contributed by atoms with Crippen molar-refractivity contribution >= 4 is 12.1 Å². The lowest BCUT2D eigenvalue weighted by atomic mass is 10.2. The van der Waals surface area contributed by atoms with Crippen molar-refractivity contribution in [1.29, 1.82) is 0 Å². The zero-order valence-corrected chi connectivity index (χ0v) is 11.2. The number of furan rings is 1. The summed E-state index contributed by atoms with van der Waals surface area (Å²) in [6, 6.07) is 8.75. The molecule has 5 heteroatoms. The zero-order chi connectivity index (χ0) is 14.2. The number of hydrazone groups is 1. The first kappa shape index (κ1) is 13.9. The third kappa shape index (κ3) is 3.98. The average molecular weight is 272 g/mol. The molecule has 0 bridgehead atoms. The Labute approximate surface area is 117 Å².